The minimum atomic E-state index is -0.465. The van der Waals surface area contributed by atoms with Crippen LogP contribution in [0.4, 0.5) is 0 Å². The van der Waals surface area contributed by atoms with Crippen LogP contribution in [0.3, 0.4) is 0 Å². The maximum atomic E-state index is 6.45. The van der Waals surface area contributed by atoms with Gasteiger partial charge < -0.3 is 14.2 Å². The predicted molar refractivity (Wildman–Crippen MR) is 92.1 cm³/mol. The highest BCUT2D eigenvalue weighted by atomic mass is 16.7. The van der Waals surface area contributed by atoms with E-state index < -0.39 is 5.79 Å². The van der Waals surface area contributed by atoms with Crippen LogP contribution in [0.5, 0.6) is 0 Å². The molecular formula is C19H38O3. The quantitative estimate of drug-likeness (QED) is 0.501. The molecule has 2 atom stereocenters. The molecule has 1 aliphatic rings. The molecule has 22 heavy (non-hydrogen) atoms. The summed E-state index contributed by atoms with van der Waals surface area (Å²) in [5, 5.41) is 0. The lowest BCUT2D eigenvalue weighted by Crippen LogP contribution is -2.54. The van der Waals surface area contributed by atoms with Crippen molar-refractivity contribution in [3.8, 4) is 0 Å². The van der Waals surface area contributed by atoms with Gasteiger partial charge in [-0.15, -0.1) is 0 Å². The minimum Gasteiger partial charge on any atom is -0.375 e. The Labute approximate surface area is 138 Å². The van der Waals surface area contributed by atoms with Gasteiger partial charge in [-0.3, -0.25) is 0 Å². The molecule has 2 unspecified atom stereocenters. The molecule has 0 amide bonds. The van der Waals surface area contributed by atoms with E-state index in [9.17, 15) is 0 Å². The third-order valence-electron chi connectivity index (χ3n) is 4.88. The molecule has 1 aliphatic heterocycles. The second kappa shape index (κ2) is 9.24. The summed E-state index contributed by atoms with van der Waals surface area (Å²) in [5.41, 5.74) is -0.0668. The molecular weight excluding hydrogens is 276 g/mol. The molecule has 0 aromatic heterocycles. The third kappa shape index (κ3) is 5.50. The molecule has 0 aromatic rings. The molecule has 0 aromatic carbocycles. The standard InChI is InChI=1S/C19H38O3/c1-7-11-18(12-8-2)15-19(13-14-20-18,21-16(5)9-3)22-17(6)10-4/h16-17H,7-15H2,1-6H3. The van der Waals surface area contributed by atoms with Crippen LogP contribution in [-0.2, 0) is 14.2 Å². The topological polar surface area (TPSA) is 27.7 Å². The second-order valence-electron chi connectivity index (χ2n) is 7.04. The van der Waals surface area contributed by atoms with E-state index in [0.29, 0.717) is 0 Å². The summed E-state index contributed by atoms with van der Waals surface area (Å²) in [7, 11) is 0. The molecule has 132 valence electrons. The summed E-state index contributed by atoms with van der Waals surface area (Å²) in [6, 6.07) is 0. The Bertz CT molecular complexity index is 280. The SMILES string of the molecule is CCCC1(CCC)CC(OC(C)CC)(OC(C)CC)CCO1. The number of hydrogen-bond donors (Lipinski definition) is 0. The number of ether oxygens (including phenoxy) is 3. The van der Waals surface area contributed by atoms with Crippen molar-refractivity contribution in [2.24, 2.45) is 0 Å². The molecule has 0 saturated carbocycles. The normalized spacial score (nSPS) is 27.5. The van der Waals surface area contributed by atoms with E-state index in [-0.39, 0.29) is 17.8 Å². The first-order valence-corrected chi connectivity index (χ1v) is 9.44. The van der Waals surface area contributed by atoms with Gasteiger partial charge in [-0.25, -0.2) is 0 Å². The van der Waals surface area contributed by atoms with Gasteiger partial charge in [0.1, 0.15) is 0 Å². The first-order valence-electron chi connectivity index (χ1n) is 9.44. The van der Waals surface area contributed by atoms with E-state index >= 15 is 0 Å². The maximum absolute atomic E-state index is 6.45. The van der Waals surface area contributed by atoms with Gasteiger partial charge in [-0.1, -0.05) is 40.5 Å². The maximum Gasteiger partial charge on any atom is 0.173 e. The highest BCUT2D eigenvalue weighted by Crippen LogP contribution is 2.43. The van der Waals surface area contributed by atoms with Gasteiger partial charge in [0.15, 0.2) is 5.79 Å². The zero-order chi connectivity index (χ0) is 16.6. The van der Waals surface area contributed by atoms with Gasteiger partial charge in [-0.05, 0) is 39.5 Å². The molecule has 0 radical (unpaired) electrons. The van der Waals surface area contributed by atoms with Gasteiger partial charge in [0.2, 0.25) is 0 Å². The molecule has 1 rings (SSSR count). The van der Waals surface area contributed by atoms with Crippen LogP contribution in [0.1, 0.15) is 92.9 Å². The first-order chi connectivity index (χ1) is 10.4. The minimum absolute atomic E-state index is 0.0668. The Morgan fingerprint density at radius 1 is 0.909 bits per heavy atom. The van der Waals surface area contributed by atoms with Crippen LogP contribution in [0.25, 0.3) is 0 Å². The molecule has 0 aliphatic carbocycles. The Morgan fingerprint density at radius 3 is 1.82 bits per heavy atom. The predicted octanol–water partition coefficient (Wildman–Crippen LogP) is 5.46. The van der Waals surface area contributed by atoms with Crippen LogP contribution in [0.15, 0.2) is 0 Å². The van der Waals surface area contributed by atoms with E-state index in [2.05, 4.69) is 41.5 Å². The molecule has 1 heterocycles. The largest absolute Gasteiger partial charge is 0.375 e. The van der Waals surface area contributed by atoms with Crippen LogP contribution < -0.4 is 0 Å². The fourth-order valence-electron chi connectivity index (χ4n) is 3.54. The van der Waals surface area contributed by atoms with Crippen molar-refractivity contribution in [3.05, 3.63) is 0 Å². The van der Waals surface area contributed by atoms with Gasteiger partial charge in [0.25, 0.3) is 0 Å². The molecule has 3 nitrogen and oxygen atoms in total. The smallest absolute Gasteiger partial charge is 0.173 e. The molecule has 0 spiro atoms. The molecule has 0 bridgehead atoms. The Hall–Kier alpha value is -0.120. The third-order valence-corrected chi connectivity index (χ3v) is 4.88. The van der Waals surface area contributed by atoms with Crippen LogP contribution in [-0.4, -0.2) is 30.2 Å². The highest BCUT2D eigenvalue weighted by molar-refractivity contribution is 4.92. The zero-order valence-electron chi connectivity index (χ0n) is 15.7. The molecule has 3 heteroatoms. The van der Waals surface area contributed by atoms with Gasteiger partial charge in [-0.2, -0.15) is 0 Å². The number of hydrogen-bond acceptors (Lipinski definition) is 3. The zero-order valence-corrected chi connectivity index (χ0v) is 15.7. The van der Waals surface area contributed by atoms with Crippen LogP contribution in [0.2, 0.25) is 0 Å². The van der Waals surface area contributed by atoms with Crippen LogP contribution in [0, 0.1) is 0 Å². The summed E-state index contributed by atoms with van der Waals surface area (Å²) in [5.74, 6) is -0.465. The lowest BCUT2D eigenvalue weighted by Gasteiger charge is -2.49. The number of rotatable bonds is 10. The fraction of sp³-hybridized carbons (Fsp3) is 1.00. The van der Waals surface area contributed by atoms with Crippen molar-refractivity contribution < 1.29 is 14.2 Å². The van der Waals surface area contributed by atoms with Crippen molar-refractivity contribution in [1.29, 1.82) is 0 Å². The second-order valence-corrected chi connectivity index (χ2v) is 7.04. The summed E-state index contributed by atoms with van der Waals surface area (Å²) in [6.45, 7) is 13.9. The van der Waals surface area contributed by atoms with Crippen molar-refractivity contribution in [2.75, 3.05) is 6.61 Å². The first kappa shape index (κ1) is 19.9. The van der Waals surface area contributed by atoms with Crippen molar-refractivity contribution in [1.82, 2.24) is 0 Å². The molecule has 1 fully saturated rings. The van der Waals surface area contributed by atoms with E-state index in [1.807, 2.05) is 0 Å². The van der Waals surface area contributed by atoms with Crippen molar-refractivity contribution in [3.63, 3.8) is 0 Å². The van der Waals surface area contributed by atoms with E-state index in [1.165, 1.54) is 0 Å². The van der Waals surface area contributed by atoms with Crippen molar-refractivity contribution >= 4 is 0 Å². The van der Waals surface area contributed by atoms with Gasteiger partial charge >= 0.3 is 0 Å². The Balaban J connectivity index is 2.96. The highest BCUT2D eigenvalue weighted by Gasteiger charge is 2.48. The van der Waals surface area contributed by atoms with Crippen molar-refractivity contribution in [2.45, 2.75) is 117 Å². The van der Waals surface area contributed by atoms with E-state index in [1.54, 1.807) is 0 Å². The summed E-state index contributed by atoms with van der Waals surface area (Å²) < 4.78 is 19.2. The van der Waals surface area contributed by atoms with Gasteiger partial charge in [0.05, 0.1) is 24.4 Å². The monoisotopic (exact) mass is 314 g/mol. The fourth-order valence-corrected chi connectivity index (χ4v) is 3.54. The molecule has 1 saturated heterocycles. The van der Waals surface area contributed by atoms with E-state index in [0.717, 1.165) is 58.0 Å². The lowest BCUT2D eigenvalue weighted by molar-refractivity contribution is -0.326. The molecule has 0 N–H and O–H groups in total. The summed E-state index contributed by atoms with van der Waals surface area (Å²) in [6.07, 6.45) is 8.67. The Kier molecular flexibility index (Phi) is 8.37. The lowest BCUT2D eigenvalue weighted by atomic mass is 9.82. The van der Waals surface area contributed by atoms with E-state index in [4.69, 9.17) is 14.2 Å². The summed E-state index contributed by atoms with van der Waals surface area (Å²) >= 11 is 0. The summed E-state index contributed by atoms with van der Waals surface area (Å²) in [4.78, 5) is 0. The van der Waals surface area contributed by atoms with Gasteiger partial charge in [0, 0.05) is 12.8 Å². The average molecular weight is 315 g/mol. The van der Waals surface area contributed by atoms with Crippen LogP contribution >= 0.6 is 0 Å². The Morgan fingerprint density at radius 2 is 1.41 bits per heavy atom. The average Bonchev–Trinajstić information content (AvgIpc) is 2.47.